The Morgan fingerprint density at radius 3 is 2.25 bits per heavy atom. The molecule has 2 heterocycles. The van der Waals surface area contributed by atoms with Gasteiger partial charge in [-0.05, 0) is 31.5 Å². The zero-order valence-electron chi connectivity index (χ0n) is 16.1. The number of hydrogen-bond donors (Lipinski definition) is 1. The molecule has 0 saturated carbocycles. The van der Waals surface area contributed by atoms with Crippen LogP contribution in [0.5, 0.6) is 0 Å². The van der Waals surface area contributed by atoms with E-state index in [1.54, 1.807) is 0 Å². The second-order valence-corrected chi connectivity index (χ2v) is 7.18. The number of aryl methyl sites for hydroxylation is 1. The van der Waals surface area contributed by atoms with E-state index < -0.39 is 0 Å². The summed E-state index contributed by atoms with van der Waals surface area (Å²) < 4.78 is 1.84. The highest BCUT2D eigenvalue weighted by Gasteiger charge is 2.36. The van der Waals surface area contributed by atoms with Crippen molar-refractivity contribution in [2.45, 2.75) is 25.8 Å². The highest BCUT2D eigenvalue weighted by Crippen LogP contribution is 2.29. The van der Waals surface area contributed by atoms with Gasteiger partial charge < -0.3 is 10.6 Å². The van der Waals surface area contributed by atoms with Crippen LogP contribution < -0.4 is 5.73 Å². The molecule has 0 bridgehead atoms. The van der Waals surface area contributed by atoms with Gasteiger partial charge in [0.1, 0.15) is 0 Å². The first kappa shape index (κ1) is 20.1. The molecule has 0 unspecified atom stereocenters. The van der Waals surface area contributed by atoms with Crippen LogP contribution in [0.25, 0.3) is 5.69 Å². The molecule has 1 saturated heterocycles. The van der Waals surface area contributed by atoms with Gasteiger partial charge in [-0.25, -0.2) is 4.68 Å². The summed E-state index contributed by atoms with van der Waals surface area (Å²) in [4.78, 5) is 15.1. The topological polar surface area (TPSA) is 64.2 Å². The van der Waals surface area contributed by atoms with Crippen molar-refractivity contribution in [2.24, 2.45) is 5.73 Å². The van der Waals surface area contributed by atoms with E-state index in [0.29, 0.717) is 18.7 Å². The smallest absolute Gasteiger partial charge is 0.257 e. The number of likely N-dealkylation sites (tertiary alicyclic amines) is 1. The van der Waals surface area contributed by atoms with Crippen molar-refractivity contribution < 1.29 is 4.79 Å². The molecule has 1 amide bonds. The second kappa shape index (κ2) is 8.17. The average molecular weight is 397 g/mol. The summed E-state index contributed by atoms with van der Waals surface area (Å²) >= 11 is 0. The molecule has 1 fully saturated rings. The predicted octanol–water partition coefficient (Wildman–Crippen LogP) is 3.48. The van der Waals surface area contributed by atoms with Gasteiger partial charge in [-0.2, -0.15) is 5.10 Å². The number of nitrogens with zero attached hydrogens (tertiary/aromatic N) is 3. The zero-order chi connectivity index (χ0) is 19.0. The first-order chi connectivity index (χ1) is 13.1. The molecule has 1 aliphatic heterocycles. The van der Waals surface area contributed by atoms with E-state index in [2.05, 4.69) is 17.2 Å². The number of amides is 1. The fourth-order valence-corrected chi connectivity index (χ4v) is 3.98. The summed E-state index contributed by atoms with van der Waals surface area (Å²) in [6, 6.07) is 20.0. The van der Waals surface area contributed by atoms with E-state index in [0.717, 1.165) is 17.1 Å². The molecule has 1 aromatic heterocycles. The lowest BCUT2D eigenvalue weighted by molar-refractivity contribution is 0.0787. The minimum absolute atomic E-state index is 0. The Labute approximate surface area is 171 Å². The molecular weight excluding hydrogens is 372 g/mol. The third kappa shape index (κ3) is 3.55. The quantitative estimate of drug-likeness (QED) is 0.737. The second-order valence-electron chi connectivity index (χ2n) is 7.18. The maximum Gasteiger partial charge on any atom is 0.257 e. The summed E-state index contributed by atoms with van der Waals surface area (Å²) in [6.07, 6.45) is 0. The number of hydrogen-bond acceptors (Lipinski definition) is 3. The van der Waals surface area contributed by atoms with Gasteiger partial charge in [-0.1, -0.05) is 48.5 Å². The highest BCUT2D eigenvalue weighted by atomic mass is 35.5. The standard InChI is InChI=1S/C22H24N4O.ClH/c1-15-21(16(2)26(24-15)18-11-7-4-8-12-18)22(27)25-13-19(20(23)14-25)17-9-5-3-6-10-17;/h3-12,19-20H,13-14,23H2,1-2H3;1H/t19-,20+;/m0./s1. The van der Waals surface area contributed by atoms with E-state index in [1.165, 1.54) is 5.56 Å². The number of halogens is 1. The summed E-state index contributed by atoms with van der Waals surface area (Å²) in [5, 5.41) is 4.61. The van der Waals surface area contributed by atoms with Crippen molar-refractivity contribution in [1.29, 1.82) is 0 Å². The number of para-hydroxylation sites is 1. The van der Waals surface area contributed by atoms with Gasteiger partial charge in [-0.15, -0.1) is 12.4 Å². The molecule has 2 N–H and O–H groups in total. The fourth-order valence-electron chi connectivity index (χ4n) is 3.98. The number of nitrogens with two attached hydrogens (primary N) is 1. The van der Waals surface area contributed by atoms with Crippen LogP contribution >= 0.6 is 12.4 Å². The van der Waals surface area contributed by atoms with Crippen molar-refractivity contribution in [3.63, 3.8) is 0 Å². The largest absolute Gasteiger partial charge is 0.336 e. The van der Waals surface area contributed by atoms with E-state index in [4.69, 9.17) is 5.73 Å². The molecule has 0 radical (unpaired) electrons. The maximum absolute atomic E-state index is 13.3. The van der Waals surface area contributed by atoms with Crippen molar-refractivity contribution in [2.75, 3.05) is 13.1 Å². The van der Waals surface area contributed by atoms with Crippen LogP contribution in [0.3, 0.4) is 0 Å². The number of rotatable bonds is 3. The van der Waals surface area contributed by atoms with Gasteiger partial charge in [0, 0.05) is 25.0 Å². The van der Waals surface area contributed by atoms with Gasteiger partial charge >= 0.3 is 0 Å². The number of aromatic nitrogens is 2. The lowest BCUT2D eigenvalue weighted by Gasteiger charge is -2.17. The first-order valence-electron chi connectivity index (χ1n) is 9.27. The van der Waals surface area contributed by atoms with Crippen molar-refractivity contribution in [3.05, 3.63) is 83.2 Å². The van der Waals surface area contributed by atoms with Gasteiger partial charge in [0.15, 0.2) is 0 Å². The van der Waals surface area contributed by atoms with Gasteiger partial charge in [-0.3, -0.25) is 4.79 Å². The minimum Gasteiger partial charge on any atom is -0.336 e. The van der Waals surface area contributed by atoms with Crippen LogP contribution in [0.15, 0.2) is 60.7 Å². The first-order valence-corrected chi connectivity index (χ1v) is 9.27. The Balaban J connectivity index is 0.00000225. The molecule has 4 rings (SSSR count). The molecule has 2 aromatic carbocycles. The van der Waals surface area contributed by atoms with E-state index in [-0.39, 0.29) is 30.3 Å². The van der Waals surface area contributed by atoms with Crippen LogP contribution in [0.1, 0.15) is 33.2 Å². The van der Waals surface area contributed by atoms with Crippen LogP contribution in [0.2, 0.25) is 0 Å². The molecule has 6 heteroatoms. The third-order valence-corrected chi connectivity index (χ3v) is 5.39. The molecule has 0 aliphatic carbocycles. The summed E-state index contributed by atoms with van der Waals surface area (Å²) in [5.74, 6) is 0.181. The van der Waals surface area contributed by atoms with Gasteiger partial charge in [0.25, 0.3) is 5.91 Å². The molecular formula is C22H25ClN4O. The molecule has 146 valence electrons. The predicted molar refractivity (Wildman–Crippen MR) is 113 cm³/mol. The third-order valence-electron chi connectivity index (χ3n) is 5.39. The van der Waals surface area contributed by atoms with E-state index in [9.17, 15) is 4.79 Å². The Kier molecular flexibility index (Phi) is 5.87. The van der Waals surface area contributed by atoms with Crippen LogP contribution in [-0.4, -0.2) is 39.7 Å². The van der Waals surface area contributed by atoms with Crippen LogP contribution in [0.4, 0.5) is 0 Å². The molecule has 3 aromatic rings. The molecule has 2 atom stereocenters. The molecule has 1 aliphatic rings. The fraction of sp³-hybridized carbons (Fsp3) is 0.273. The summed E-state index contributed by atoms with van der Waals surface area (Å²) in [7, 11) is 0. The van der Waals surface area contributed by atoms with Crippen molar-refractivity contribution in [3.8, 4) is 5.69 Å². The lowest BCUT2D eigenvalue weighted by atomic mass is 9.95. The zero-order valence-corrected chi connectivity index (χ0v) is 16.9. The Morgan fingerprint density at radius 1 is 1.00 bits per heavy atom. The Bertz CT molecular complexity index is 955. The number of benzene rings is 2. The molecule has 0 spiro atoms. The number of carbonyl (C=O) groups excluding carboxylic acids is 1. The van der Waals surface area contributed by atoms with E-state index in [1.807, 2.05) is 72.0 Å². The molecule has 5 nitrogen and oxygen atoms in total. The summed E-state index contributed by atoms with van der Waals surface area (Å²) in [5.41, 5.74) is 10.8. The highest BCUT2D eigenvalue weighted by molar-refractivity contribution is 5.97. The normalized spacial score (nSPS) is 18.8. The van der Waals surface area contributed by atoms with Crippen LogP contribution in [0, 0.1) is 13.8 Å². The van der Waals surface area contributed by atoms with Crippen LogP contribution in [-0.2, 0) is 0 Å². The monoisotopic (exact) mass is 396 g/mol. The SMILES string of the molecule is Cc1nn(-c2ccccc2)c(C)c1C(=O)N1C[C@@H](N)[C@H](c2ccccc2)C1.Cl. The Morgan fingerprint density at radius 2 is 1.61 bits per heavy atom. The van der Waals surface area contributed by atoms with E-state index >= 15 is 0 Å². The van der Waals surface area contributed by atoms with Crippen molar-refractivity contribution >= 4 is 18.3 Å². The lowest BCUT2D eigenvalue weighted by Crippen LogP contribution is -2.32. The average Bonchev–Trinajstić information content (AvgIpc) is 3.22. The van der Waals surface area contributed by atoms with Crippen molar-refractivity contribution in [1.82, 2.24) is 14.7 Å². The number of carbonyl (C=O) groups is 1. The van der Waals surface area contributed by atoms with Gasteiger partial charge in [0.05, 0.1) is 22.6 Å². The maximum atomic E-state index is 13.3. The summed E-state index contributed by atoms with van der Waals surface area (Å²) in [6.45, 7) is 5.04. The minimum atomic E-state index is -0.0545. The Hall–Kier alpha value is -2.63. The molecule has 28 heavy (non-hydrogen) atoms. The van der Waals surface area contributed by atoms with Gasteiger partial charge in [0.2, 0.25) is 0 Å².